The average Bonchev–Trinajstić information content (AvgIpc) is 2.86. The fourth-order valence-corrected chi connectivity index (χ4v) is 4.70. The van der Waals surface area contributed by atoms with Gasteiger partial charge < -0.3 is 25.0 Å². The Kier molecular flexibility index (Phi) is 7.60. The molecule has 4 rings (SSSR count). The topological polar surface area (TPSA) is 83.1 Å². The van der Waals surface area contributed by atoms with Crippen molar-refractivity contribution in [1.82, 2.24) is 15.5 Å². The Morgan fingerprint density at radius 3 is 2.43 bits per heavy atom. The zero-order chi connectivity index (χ0) is 24.9. The van der Waals surface area contributed by atoms with Crippen LogP contribution in [0.2, 0.25) is 0 Å². The minimum absolute atomic E-state index is 0.333. The van der Waals surface area contributed by atoms with Gasteiger partial charge in [0.25, 0.3) is 0 Å². The van der Waals surface area contributed by atoms with E-state index in [9.17, 15) is 9.59 Å². The summed E-state index contributed by atoms with van der Waals surface area (Å²) in [5, 5.41) is 5.75. The molecule has 2 N–H and O–H groups in total. The van der Waals surface area contributed by atoms with Crippen molar-refractivity contribution in [2.45, 2.75) is 26.8 Å². The first-order chi connectivity index (χ1) is 16.9. The number of benzene rings is 2. The molecular formula is C27H34N4O4. The summed E-state index contributed by atoms with van der Waals surface area (Å²) in [6.45, 7) is 10.6. The number of rotatable bonds is 7. The Morgan fingerprint density at radius 2 is 1.77 bits per heavy atom. The van der Waals surface area contributed by atoms with Gasteiger partial charge in [-0.3, -0.25) is 4.90 Å². The maximum Gasteiger partial charge on any atom is 0.338 e. The third-order valence-corrected chi connectivity index (χ3v) is 6.54. The van der Waals surface area contributed by atoms with Gasteiger partial charge in [-0.05, 0) is 55.7 Å². The highest BCUT2D eigenvalue weighted by Crippen LogP contribution is 2.30. The Morgan fingerprint density at radius 1 is 1.06 bits per heavy atom. The maximum atomic E-state index is 12.9. The minimum atomic E-state index is -0.599. The number of aryl methyl sites for hydroxylation is 2. The lowest BCUT2D eigenvalue weighted by Crippen LogP contribution is -2.51. The molecule has 0 aromatic heterocycles. The summed E-state index contributed by atoms with van der Waals surface area (Å²) in [5.41, 5.74) is 5.58. The third-order valence-electron chi connectivity index (χ3n) is 6.54. The first-order valence-electron chi connectivity index (χ1n) is 12.1. The molecule has 186 valence electrons. The number of ether oxygens (including phenoxy) is 2. The van der Waals surface area contributed by atoms with E-state index >= 15 is 0 Å². The van der Waals surface area contributed by atoms with E-state index in [1.807, 2.05) is 31.2 Å². The van der Waals surface area contributed by atoms with Crippen molar-refractivity contribution in [2.24, 2.45) is 0 Å². The van der Waals surface area contributed by atoms with Crippen LogP contribution >= 0.6 is 0 Å². The highest BCUT2D eigenvalue weighted by Gasteiger charge is 2.34. The molecule has 8 heteroatoms. The molecule has 1 fully saturated rings. The average molecular weight is 479 g/mol. The predicted molar refractivity (Wildman–Crippen MR) is 136 cm³/mol. The SMILES string of the molecule is CCOc1ccc([C@H]2NC(=O)NC(CN3CCN(c4cc(C)ccc4C)CC3)=C2C(=O)OC)cc1. The van der Waals surface area contributed by atoms with Crippen LogP contribution in [-0.4, -0.2) is 63.3 Å². The van der Waals surface area contributed by atoms with Gasteiger partial charge >= 0.3 is 12.0 Å². The molecule has 0 bridgehead atoms. The quantitative estimate of drug-likeness (QED) is 0.594. The van der Waals surface area contributed by atoms with Crippen LogP contribution < -0.4 is 20.3 Å². The second-order valence-electron chi connectivity index (χ2n) is 8.97. The largest absolute Gasteiger partial charge is 0.494 e. The van der Waals surface area contributed by atoms with Gasteiger partial charge in [-0.25, -0.2) is 9.59 Å². The minimum Gasteiger partial charge on any atom is -0.494 e. The number of hydrogen-bond donors (Lipinski definition) is 2. The van der Waals surface area contributed by atoms with Gasteiger partial charge in [0, 0.05) is 44.1 Å². The van der Waals surface area contributed by atoms with E-state index in [1.54, 1.807) is 0 Å². The summed E-state index contributed by atoms with van der Waals surface area (Å²) in [4.78, 5) is 30.1. The van der Waals surface area contributed by atoms with Crippen molar-refractivity contribution in [1.29, 1.82) is 0 Å². The van der Waals surface area contributed by atoms with Crippen LogP contribution in [0.25, 0.3) is 0 Å². The molecule has 0 saturated carbocycles. The number of carbonyl (C=O) groups is 2. The maximum absolute atomic E-state index is 12.9. The molecule has 0 radical (unpaired) electrons. The van der Waals surface area contributed by atoms with E-state index in [4.69, 9.17) is 9.47 Å². The molecule has 0 aliphatic carbocycles. The fourth-order valence-electron chi connectivity index (χ4n) is 4.70. The molecule has 0 spiro atoms. The van der Waals surface area contributed by atoms with Gasteiger partial charge in [-0.15, -0.1) is 0 Å². The second-order valence-corrected chi connectivity index (χ2v) is 8.97. The molecule has 0 unspecified atom stereocenters. The van der Waals surface area contributed by atoms with Crippen LogP contribution in [0.3, 0.4) is 0 Å². The monoisotopic (exact) mass is 478 g/mol. The molecule has 35 heavy (non-hydrogen) atoms. The first kappa shape index (κ1) is 24.6. The normalized spacial score (nSPS) is 18.7. The standard InChI is InChI=1S/C27H34N4O4/c1-5-35-21-10-8-20(9-11-21)25-24(26(32)34-4)22(28-27(33)29-25)17-30-12-14-31(15-13-30)23-16-18(2)6-7-19(23)3/h6-11,16,25H,5,12-15,17H2,1-4H3,(H2,28,29,33)/t25-/m1/s1. The molecule has 2 aliphatic rings. The van der Waals surface area contributed by atoms with Crippen molar-refractivity contribution in [3.8, 4) is 5.75 Å². The van der Waals surface area contributed by atoms with Crippen LogP contribution in [0, 0.1) is 13.8 Å². The smallest absolute Gasteiger partial charge is 0.338 e. The number of esters is 1. The molecule has 2 heterocycles. The van der Waals surface area contributed by atoms with Crippen LogP contribution in [-0.2, 0) is 9.53 Å². The molecule has 1 atom stereocenters. The van der Waals surface area contributed by atoms with E-state index in [1.165, 1.54) is 23.9 Å². The second kappa shape index (κ2) is 10.8. The van der Waals surface area contributed by atoms with Gasteiger partial charge in [0.1, 0.15) is 5.75 Å². The number of hydrogen-bond acceptors (Lipinski definition) is 6. The highest BCUT2D eigenvalue weighted by atomic mass is 16.5. The summed E-state index contributed by atoms with van der Waals surface area (Å²) in [6, 6.07) is 13.0. The number of anilines is 1. The number of nitrogens with one attached hydrogen (secondary N) is 2. The Balaban J connectivity index is 1.54. The molecule has 2 aromatic rings. The summed E-state index contributed by atoms with van der Waals surface area (Å²) in [5.74, 6) is 0.280. The summed E-state index contributed by atoms with van der Waals surface area (Å²) in [7, 11) is 1.36. The van der Waals surface area contributed by atoms with Crippen molar-refractivity contribution in [3.05, 3.63) is 70.4 Å². The number of piperazine rings is 1. The lowest BCUT2D eigenvalue weighted by molar-refractivity contribution is -0.136. The van der Waals surface area contributed by atoms with E-state index < -0.39 is 12.0 Å². The lowest BCUT2D eigenvalue weighted by atomic mass is 9.95. The molecule has 2 aromatic carbocycles. The van der Waals surface area contributed by atoms with Crippen molar-refractivity contribution in [3.63, 3.8) is 0 Å². The van der Waals surface area contributed by atoms with Crippen LogP contribution in [0.15, 0.2) is 53.7 Å². The fraction of sp³-hybridized carbons (Fsp3) is 0.407. The number of amides is 2. The van der Waals surface area contributed by atoms with Crippen LogP contribution in [0.5, 0.6) is 5.75 Å². The van der Waals surface area contributed by atoms with Crippen molar-refractivity contribution < 1.29 is 19.1 Å². The lowest BCUT2D eigenvalue weighted by Gasteiger charge is -2.38. The van der Waals surface area contributed by atoms with Crippen LogP contribution in [0.4, 0.5) is 10.5 Å². The predicted octanol–water partition coefficient (Wildman–Crippen LogP) is 3.31. The number of methoxy groups -OCH3 is 1. The molecule has 8 nitrogen and oxygen atoms in total. The highest BCUT2D eigenvalue weighted by molar-refractivity contribution is 5.95. The Labute approximate surface area is 206 Å². The summed E-state index contributed by atoms with van der Waals surface area (Å²) in [6.07, 6.45) is 0. The zero-order valence-corrected chi connectivity index (χ0v) is 20.9. The molecule has 2 aliphatic heterocycles. The van der Waals surface area contributed by atoms with Gasteiger partial charge in [-0.2, -0.15) is 0 Å². The van der Waals surface area contributed by atoms with Crippen molar-refractivity contribution >= 4 is 17.7 Å². The Hall–Kier alpha value is -3.52. The Bertz CT molecular complexity index is 1100. The number of urea groups is 1. The zero-order valence-electron chi connectivity index (χ0n) is 20.9. The van der Waals surface area contributed by atoms with E-state index in [0.29, 0.717) is 24.4 Å². The van der Waals surface area contributed by atoms with E-state index in [2.05, 4.69) is 52.5 Å². The van der Waals surface area contributed by atoms with Gasteiger partial charge in [0.2, 0.25) is 0 Å². The van der Waals surface area contributed by atoms with E-state index in [0.717, 1.165) is 37.5 Å². The van der Waals surface area contributed by atoms with Crippen LogP contribution in [0.1, 0.15) is 29.7 Å². The van der Waals surface area contributed by atoms with Crippen molar-refractivity contribution in [2.75, 3.05) is 51.3 Å². The number of carbonyl (C=O) groups excluding carboxylic acids is 2. The first-order valence-corrected chi connectivity index (χ1v) is 12.1. The molecular weight excluding hydrogens is 444 g/mol. The third kappa shape index (κ3) is 5.59. The van der Waals surface area contributed by atoms with Gasteiger partial charge in [0.15, 0.2) is 0 Å². The van der Waals surface area contributed by atoms with E-state index in [-0.39, 0.29) is 6.03 Å². The summed E-state index contributed by atoms with van der Waals surface area (Å²) >= 11 is 0. The number of nitrogens with zero attached hydrogens (tertiary/aromatic N) is 2. The molecule has 2 amide bonds. The summed E-state index contributed by atoms with van der Waals surface area (Å²) < 4.78 is 10.6. The molecule has 1 saturated heterocycles. The van der Waals surface area contributed by atoms with Gasteiger partial charge in [-0.1, -0.05) is 24.3 Å². The van der Waals surface area contributed by atoms with Gasteiger partial charge in [0.05, 0.1) is 25.3 Å².